The highest BCUT2D eigenvalue weighted by Gasteiger charge is 2.59. The van der Waals surface area contributed by atoms with Gasteiger partial charge in [0.15, 0.2) is 0 Å². The van der Waals surface area contributed by atoms with E-state index in [4.69, 9.17) is 10.5 Å². The van der Waals surface area contributed by atoms with E-state index in [0.717, 1.165) is 17.6 Å². The van der Waals surface area contributed by atoms with Crippen LogP contribution < -0.4 is 11.4 Å². The first-order valence-electron chi connectivity index (χ1n) is 7.93. The lowest BCUT2D eigenvalue weighted by molar-refractivity contribution is -0.140. The normalized spacial score (nSPS) is 27.6. The number of aliphatic hydroxyl groups is 1. The summed E-state index contributed by atoms with van der Waals surface area (Å²) in [6.45, 7) is 0.896. The van der Waals surface area contributed by atoms with E-state index in [2.05, 4.69) is 15.0 Å². The van der Waals surface area contributed by atoms with Crippen molar-refractivity contribution in [1.29, 1.82) is 0 Å². The van der Waals surface area contributed by atoms with E-state index in [0.29, 0.717) is 17.7 Å². The SMILES string of the molecule is Nc1ccn([C@@H]2O[C@H](CN3Cc4nccnc4C3)[C@@H](O)C2(F)F)c(=O)n1. The number of rotatable bonds is 3. The fraction of sp³-hybridized carbons (Fsp3) is 0.467. The molecule has 9 nitrogen and oxygen atoms in total. The van der Waals surface area contributed by atoms with Gasteiger partial charge in [-0.2, -0.15) is 13.8 Å². The van der Waals surface area contributed by atoms with Crippen molar-refractivity contribution in [2.24, 2.45) is 0 Å². The van der Waals surface area contributed by atoms with Crippen LogP contribution in [0.4, 0.5) is 14.6 Å². The molecule has 0 aliphatic carbocycles. The molecule has 1 saturated heterocycles. The minimum atomic E-state index is -3.66. The van der Waals surface area contributed by atoms with E-state index in [-0.39, 0.29) is 12.4 Å². The van der Waals surface area contributed by atoms with E-state index >= 15 is 0 Å². The number of aromatic nitrogens is 4. The molecule has 2 aliphatic heterocycles. The van der Waals surface area contributed by atoms with Crippen LogP contribution >= 0.6 is 0 Å². The Hall–Kier alpha value is -2.50. The molecule has 138 valence electrons. The molecule has 0 spiro atoms. The maximum atomic E-state index is 14.5. The van der Waals surface area contributed by atoms with Crippen molar-refractivity contribution in [3.63, 3.8) is 0 Å². The zero-order valence-corrected chi connectivity index (χ0v) is 13.5. The molecule has 1 fully saturated rings. The lowest BCUT2D eigenvalue weighted by atomic mass is 10.1. The first-order valence-corrected chi connectivity index (χ1v) is 7.93. The van der Waals surface area contributed by atoms with Gasteiger partial charge in [-0.15, -0.1) is 0 Å². The largest absolute Gasteiger partial charge is 0.384 e. The topological polar surface area (TPSA) is 119 Å². The number of nitrogen functional groups attached to an aromatic ring is 1. The van der Waals surface area contributed by atoms with Crippen LogP contribution in [0.15, 0.2) is 29.5 Å². The van der Waals surface area contributed by atoms with Crippen LogP contribution in [0.2, 0.25) is 0 Å². The molecule has 0 aromatic carbocycles. The summed E-state index contributed by atoms with van der Waals surface area (Å²) in [7, 11) is 0. The van der Waals surface area contributed by atoms with Gasteiger partial charge in [-0.05, 0) is 6.07 Å². The Morgan fingerprint density at radius 2 is 1.96 bits per heavy atom. The van der Waals surface area contributed by atoms with Crippen LogP contribution in [-0.4, -0.2) is 54.2 Å². The number of nitrogens with two attached hydrogens (primary N) is 1. The Morgan fingerprint density at radius 3 is 2.58 bits per heavy atom. The summed E-state index contributed by atoms with van der Waals surface area (Å²) in [6, 6.07) is 1.22. The molecule has 3 atom stereocenters. The predicted octanol–water partition coefficient (Wildman–Crippen LogP) is -0.475. The summed E-state index contributed by atoms with van der Waals surface area (Å²) < 4.78 is 35.0. The smallest absolute Gasteiger partial charge is 0.351 e. The molecule has 4 rings (SSSR count). The second-order valence-electron chi connectivity index (χ2n) is 6.31. The highest BCUT2D eigenvalue weighted by molar-refractivity contribution is 5.23. The number of ether oxygens (including phenoxy) is 1. The van der Waals surface area contributed by atoms with Gasteiger partial charge >= 0.3 is 11.6 Å². The summed E-state index contributed by atoms with van der Waals surface area (Å²) in [5.74, 6) is -3.74. The summed E-state index contributed by atoms with van der Waals surface area (Å²) in [5.41, 5.74) is 5.94. The van der Waals surface area contributed by atoms with Gasteiger partial charge in [0, 0.05) is 38.2 Å². The molecular weight excluding hydrogens is 350 g/mol. The maximum absolute atomic E-state index is 14.5. The van der Waals surface area contributed by atoms with E-state index in [1.807, 2.05) is 0 Å². The molecule has 0 amide bonds. The summed E-state index contributed by atoms with van der Waals surface area (Å²) >= 11 is 0. The molecule has 0 unspecified atom stereocenters. The van der Waals surface area contributed by atoms with Crippen LogP contribution in [0.25, 0.3) is 0 Å². The highest BCUT2D eigenvalue weighted by atomic mass is 19.3. The van der Waals surface area contributed by atoms with Crippen molar-refractivity contribution >= 4 is 5.82 Å². The molecule has 2 aromatic rings. The first kappa shape index (κ1) is 16.9. The van der Waals surface area contributed by atoms with E-state index in [9.17, 15) is 18.7 Å². The van der Waals surface area contributed by atoms with Crippen LogP contribution in [0.1, 0.15) is 17.6 Å². The molecular formula is C15H16F2N6O3. The standard InChI is InChI=1S/C15H16F2N6O3/c16-15(17)12(24)10(7-22-5-8-9(6-22)20-3-2-19-8)26-13(15)23-4-1-11(18)21-14(23)25/h1-4,10,12-13,24H,5-7H2,(H2,18,21,25)/t10-,12-,13-/m1/s1. The van der Waals surface area contributed by atoms with Crippen LogP contribution in [0.5, 0.6) is 0 Å². The van der Waals surface area contributed by atoms with Gasteiger partial charge in [0.25, 0.3) is 0 Å². The molecule has 0 saturated carbocycles. The van der Waals surface area contributed by atoms with Crippen molar-refractivity contribution < 1.29 is 18.6 Å². The third kappa shape index (κ3) is 2.73. The number of hydrogen-bond acceptors (Lipinski definition) is 8. The maximum Gasteiger partial charge on any atom is 0.351 e. The average Bonchev–Trinajstić information content (AvgIpc) is 3.09. The minimum Gasteiger partial charge on any atom is -0.384 e. The summed E-state index contributed by atoms with van der Waals surface area (Å²) in [4.78, 5) is 25.5. The number of halogens is 2. The van der Waals surface area contributed by atoms with Gasteiger partial charge in [0.05, 0.1) is 11.4 Å². The monoisotopic (exact) mass is 366 g/mol. The Kier molecular flexibility index (Phi) is 3.93. The summed E-state index contributed by atoms with van der Waals surface area (Å²) in [5, 5.41) is 10.1. The third-order valence-electron chi connectivity index (χ3n) is 4.53. The second-order valence-corrected chi connectivity index (χ2v) is 6.31. The van der Waals surface area contributed by atoms with E-state index in [1.54, 1.807) is 17.3 Å². The summed E-state index contributed by atoms with van der Waals surface area (Å²) in [6.07, 6.45) is -1.00. The molecule has 11 heteroatoms. The van der Waals surface area contributed by atoms with Crippen molar-refractivity contribution in [2.75, 3.05) is 12.3 Å². The lowest BCUT2D eigenvalue weighted by Gasteiger charge is -2.21. The van der Waals surface area contributed by atoms with Crippen LogP contribution in [0.3, 0.4) is 0 Å². The van der Waals surface area contributed by atoms with Crippen LogP contribution in [-0.2, 0) is 17.8 Å². The van der Waals surface area contributed by atoms with Gasteiger partial charge in [-0.1, -0.05) is 0 Å². The van der Waals surface area contributed by atoms with Crippen molar-refractivity contribution in [3.8, 4) is 0 Å². The Labute approximate surface area is 146 Å². The van der Waals surface area contributed by atoms with Crippen LogP contribution in [0, 0.1) is 0 Å². The zero-order chi connectivity index (χ0) is 18.5. The number of alkyl halides is 2. The number of nitrogens with zero attached hydrogens (tertiary/aromatic N) is 5. The lowest BCUT2D eigenvalue weighted by Crippen LogP contribution is -2.43. The van der Waals surface area contributed by atoms with Crippen molar-refractivity contribution in [1.82, 2.24) is 24.4 Å². The molecule has 0 radical (unpaired) electrons. The first-order chi connectivity index (χ1) is 12.4. The molecule has 4 heterocycles. The van der Waals surface area contributed by atoms with Gasteiger partial charge in [0.2, 0.25) is 6.23 Å². The molecule has 26 heavy (non-hydrogen) atoms. The predicted molar refractivity (Wildman–Crippen MR) is 83.9 cm³/mol. The third-order valence-corrected chi connectivity index (χ3v) is 4.53. The molecule has 0 bridgehead atoms. The zero-order valence-electron chi connectivity index (χ0n) is 13.5. The average molecular weight is 366 g/mol. The quantitative estimate of drug-likeness (QED) is 0.748. The Morgan fingerprint density at radius 1 is 1.31 bits per heavy atom. The molecule has 2 aromatic heterocycles. The Bertz CT molecular complexity index is 867. The number of fused-ring (bicyclic) bond motifs is 1. The van der Waals surface area contributed by atoms with E-state index < -0.39 is 30.0 Å². The van der Waals surface area contributed by atoms with Crippen molar-refractivity contribution in [3.05, 3.63) is 46.5 Å². The Balaban J connectivity index is 1.53. The fourth-order valence-electron chi connectivity index (χ4n) is 3.25. The van der Waals surface area contributed by atoms with Gasteiger partial charge in [0.1, 0.15) is 18.0 Å². The van der Waals surface area contributed by atoms with Crippen molar-refractivity contribution in [2.45, 2.75) is 37.4 Å². The molecule has 2 aliphatic rings. The van der Waals surface area contributed by atoms with Gasteiger partial charge < -0.3 is 15.6 Å². The highest BCUT2D eigenvalue weighted by Crippen LogP contribution is 2.42. The second kappa shape index (κ2) is 6.04. The fourth-order valence-corrected chi connectivity index (χ4v) is 3.25. The number of aliphatic hydroxyl groups excluding tert-OH is 1. The molecule has 3 N–H and O–H groups in total. The van der Waals surface area contributed by atoms with Gasteiger partial charge in [-0.3, -0.25) is 19.4 Å². The minimum absolute atomic E-state index is 0.0441. The van der Waals surface area contributed by atoms with Gasteiger partial charge in [-0.25, -0.2) is 4.79 Å². The number of hydrogen-bond donors (Lipinski definition) is 2. The van der Waals surface area contributed by atoms with E-state index in [1.165, 1.54) is 6.07 Å². The number of anilines is 1.